The van der Waals surface area contributed by atoms with Gasteiger partial charge in [0, 0.05) is 5.39 Å². The summed E-state index contributed by atoms with van der Waals surface area (Å²) in [6, 6.07) is 11.2. The predicted molar refractivity (Wildman–Crippen MR) is 76.4 cm³/mol. The van der Waals surface area contributed by atoms with Gasteiger partial charge in [0.2, 0.25) is 9.84 Å². The summed E-state index contributed by atoms with van der Waals surface area (Å²) in [5.41, 5.74) is 5.56. The average Bonchev–Trinajstić information content (AvgIpc) is 2.45. The highest BCUT2D eigenvalue weighted by atomic mass is 32.2. The lowest BCUT2D eigenvalue weighted by molar-refractivity contribution is -0.138. The molecule has 0 fully saturated rings. The monoisotopic (exact) mass is 307 g/mol. The Morgan fingerprint density at radius 2 is 1.81 bits per heavy atom. The molecule has 2 rings (SSSR count). The average molecular weight is 307 g/mol. The van der Waals surface area contributed by atoms with E-state index < -0.39 is 27.1 Å². The van der Waals surface area contributed by atoms with Crippen molar-refractivity contribution in [3.05, 3.63) is 42.5 Å². The van der Waals surface area contributed by atoms with E-state index in [-0.39, 0.29) is 11.2 Å². The zero-order valence-electron chi connectivity index (χ0n) is 10.9. The molecule has 0 aliphatic heterocycles. The number of sulfone groups is 1. The Morgan fingerprint density at radius 1 is 1.19 bits per heavy atom. The van der Waals surface area contributed by atoms with E-state index in [0.29, 0.717) is 10.8 Å². The molecule has 0 saturated carbocycles. The van der Waals surface area contributed by atoms with Gasteiger partial charge in [0.05, 0.1) is 11.3 Å². The first kappa shape index (κ1) is 15.1. The second kappa shape index (κ2) is 5.27. The van der Waals surface area contributed by atoms with Gasteiger partial charge in [0.1, 0.15) is 0 Å². The SMILES string of the molecule is N[C@@](C=O)(CC(=O)O)S(=O)(=O)c1cccc2ccccc12. The molecular formula is C14H13NO5S. The van der Waals surface area contributed by atoms with Crippen molar-refractivity contribution in [3.8, 4) is 0 Å². The second-order valence-electron chi connectivity index (χ2n) is 4.62. The number of rotatable bonds is 5. The highest BCUT2D eigenvalue weighted by Gasteiger charge is 2.43. The first-order valence-corrected chi connectivity index (χ1v) is 7.49. The lowest BCUT2D eigenvalue weighted by atomic mass is 10.1. The van der Waals surface area contributed by atoms with Crippen molar-refractivity contribution >= 4 is 32.9 Å². The zero-order valence-corrected chi connectivity index (χ0v) is 11.7. The minimum Gasteiger partial charge on any atom is -0.481 e. The summed E-state index contributed by atoms with van der Waals surface area (Å²) in [5, 5.41) is 9.85. The topological polar surface area (TPSA) is 115 Å². The van der Waals surface area contributed by atoms with E-state index in [1.807, 2.05) is 0 Å². The maximum Gasteiger partial charge on any atom is 0.306 e. The molecule has 0 unspecified atom stereocenters. The molecule has 3 N–H and O–H groups in total. The van der Waals surface area contributed by atoms with Crippen molar-refractivity contribution in [2.24, 2.45) is 5.73 Å². The number of carboxylic acids is 1. The number of hydrogen-bond donors (Lipinski definition) is 2. The number of aldehydes is 1. The highest BCUT2D eigenvalue weighted by molar-refractivity contribution is 7.93. The van der Waals surface area contributed by atoms with Crippen LogP contribution in [0.5, 0.6) is 0 Å². The highest BCUT2D eigenvalue weighted by Crippen LogP contribution is 2.29. The van der Waals surface area contributed by atoms with Crippen molar-refractivity contribution in [3.63, 3.8) is 0 Å². The molecule has 0 aromatic heterocycles. The molecule has 0 spiro atoms. The van der Waals surface area contributed by atoms with Gasteiger partial charge in [0.15, 0.2) is 11.2 Å². The van der Waals surface area contributed by atoms with Gasteiger partial charge in [-0.3, -0.25) is 4.79 Å². The number of fused-ring (bicyclic) bond motifs is 1. The fraction of sp³-hybridized carbons (Fsp3) is 0.143. The van der Waals surface area contributed by atoms with Crippen molar-refractivity contribution in [1.29, 1.82) is 0 Å². The van der Waals surface area contributed by atoms with E-state index in [1.165, 1.54) is 12.1 Å². The van der Waals surface area contributed by atoms with Gasteiger partial charge in [-0.05, 0) is 11.5 Å². The Kier molecular flexibility index (Phi) is 3.80. The van der Waals surface area contributed by atoms with Crippen LogP contribution in [0.2, 0.25) is 0 Å². The normalized spacial score (nSPS) is 14.5. The molecule has 0 heterocycles. The van der Waals surface area contributed by atoms with Crippen LogP contribution < -0.4 is 5.73 Å². The summed E-state index contributed by atoms with van der Waals surface area (Å²) >= 11 is 0. The molecule has 0 bridgehead atoms. The van der Waals surface area contributed by atoms with Crippen molar-refractivity contribution in [2.45, 2.75) is 16.2 Å². The van der Waals surface area contributed by atoms with E-state index in [2.05, 4.69) is 0 Å². The molecule has 7 heteroatoms. The van der Waals surface area contributed by atoms with Crippen molar-refractivity contribution in [1.82, 2.24) is 0 Å². The number of hydrogen-bond acceptors (Lipinski definition) is 5. The summed E-state index contributed by atoms with van der Waals surface area (Å²) in [6.07, 6.45) is -1.03. The molecule has 0 aliphatic rings. The maximum atomic E-state index is 12.6. The third kappa shape index (κ3) is 2.53. The molecular weight excluding hydrogens is 294 g/mol. The second-order valence-corrected chi connectivity index (χ2v) is 6.83. The van der Waals surface area contributed by atoms with Crippen LogP contribution in [0.1, 0.15) is 6.42 Å². The summed E-state index contributed by atoms with van der Waals surface area (Å²) in [7, 11) is -4.34. The number of nitrogens with two attached hydrogens (primary N) is 1. The van der Waals surface area contributed by atoms with E-state index in [4.69, 9.17) is 10.8 Å². The lowest BCUT2D eigenvalue weighted by Gasteiger charge is -2.22. The lowest BCUT2D eigenvalue weighted by Crippen LogP contribution is -2.51. The molecule has 2 aromatic carbocycles. The van der Waals surface area contributed by atoms with Crippen LogP contribution in [-0.4, -0.2) is 30.7 Å². The Morgan fingerprint density at radius 3 is 2.43 bits per heavy atom. The smallest absolute Gasteiger partial charge is 0.306 e. The van der Waals surface area contributed by atoms with E-state index in [1.54, 1.807) is 30.3 Å². The molecule has 2 aromatic rings. The molecule has 21 heavy (non-hydrogen) atoms. The Hall–Kier alpha value is -2.25. The largest absolute Gasteiger partial charge is 0.481 e. The third-order valence-electron chi connectivity index (χ3n) is 3.17. The number of aliphatic carboxylic acids is 1. The fourth-order valence-corrected chi connectivity index (χ4v) is 3.65. The first-order chi connectivity index (χ1) is 9.82. The van der Waals surface area contributed by atoms with E-state index in [0.717, 1.165) is 0 Å². The van der Waals surface area contributed by atoms with Gasteiger partial charge in [0.25, 0.3) is 0 Å². The van der Waals surface area contributed by atoms with Crippen LogP contribution >= 0.6 is 0 Å². The van der Waals surface area contributed by atoms with E-state index >= 15 is 0 Å². The molecule has 0 aliphatic carbocycles. The van der Waals surface area contributed by atoms with Crippen molar-refractivity contribution in [2.75, 3.05) is 0 Å². The first-order valence-electron chi connectivity index (χ1n) is 6.01. The van der Waals surface area contributed by atoms with Gasteiger partial charge >= 0.3 is 5.97 Å². The summed E-state index contributed by atoms with van der Waals surface area (Å²) < 4.78 is 25.2. The number of carbonyl (C=O) groups is 2. The van der Waals surface area contributed by atoms with Gasteiger partial charge in [-0.1, -0.05) is 36.4 Å². The number of carboxylic acid groups (broad SMARTS) is 1. The summed E-state index contributed by atoms with van der Waals surface area (Å²) in [6.45, 7) is 0. The quantitative estimate of drug-likeness (QED) is 0.794. The summed E-state index contributed by atoms with van der Waals surface area (Å²) in [4.78, 5) is 19.3. The fourth-order valence-electron chi connectivity index (χ4n) is 2.07. The van der Waals surface area contributed by atoms with Gasteiger partial charge in [-0.2, -0.15) is 0 Å². The Labute approximate surface area is 121 Å². The molecule has 0 amide bonds. The van der Waals surface area contributed by atoms with E-state index in [9.17, 15) is 18.0 Å². The molecule has 0 saturated heterocycles. The molecule has 110 valence electrons. The van der Waals surface area contributed by atoms with Crippen LogP contribution in [0.3, 0.4) is 0 Å². The molecule has 1 atom stereocenters. The van der Waals surface area contributed by atoms with Gasteiger partial charge in [-0.25, -0.2) is 8.42 Å². The number of benzene rings is 2. The number of carbonyl (C=O) groups excluding carboxylic acids is 1. The standard InChI is InChI=1S/C14H13NO5S/c15-14(9-16,8-13(17)18)21(19,20)12-7-3-5-10-4-1-2-6-11(10)12/h1-7,9H,8,15H2,(H,17,18)/t14-/m0/s1. The Balaban J connectivity index is 2.72. The maximum absolute atomic E-state index is 12.6. The zero-order chi connectivity index (χ0) is 15.7. The minimum absolute atomic E-state index is 0.0295. The summed E-state index contributed by atoms with van der Waals surface area (Å²) in [5.74, 6) is -1.46. The third-order valence-corrected chi connectivity index (χ3v) is 5.34. The Bertz CT molecular complexity index is 810. The van der Waals surface area contributed by atoms with Gasteiger partial charge in [-0.15, -0.1) is 0 Å². The van der Waals surface area contributed by atoms with Crippen LogP contribution in [0, 0.1) is 0 Å². The van der Waals surface area contributed by atoms with Crippen LogP contribution in [0.15, 0.2) is 47.4 Å². The molecule has 6 nitrogen and oxygen atoms in total. The van der Waals surface area contributed by atoms with Crippen molar-refractivity contribution < 1.29 is 23.1 Å². The predicted octanol–water partition coefficient (Wildman–Crippen LogP) is 0.942. The minimum atomic E-state index is -4.34. The molecule has 0 radical (unpaired) electrons. The van der Waals surface area contributed by atoms with Gasteiger partial charge < -0.3 is 15.6 Å². The van der Waals surface area contributed by atoms with Crippen LogP contribution in [0.25, 0.3) is 10.8 Å². The van der Waals surface area contributed by atoms with Crippen LogP contribution in [-0.2, 0) is 19.4 Å². The van der Waals surface area contributed by atoms with Crippen LogP contribution in [0.4, 0.5) is 0 Å².